The Labute approximate surface area is 116 Å². The lowest BCUT2D eigenvalue weighted by atomic mass is 10.1. The van der Waals surface area contributed by atoms with Crippen LogP contribution in [0.3, 0.4) is 0 Å². The van der Waals surface area contributed by atoms with Crippen LogP contribution < -0.4 is 5.73 Å². The number of ether oxygens (including phenoxy) is 1. The van der Waals surface area contributed by atoms with Gasteiger partial charge in [0, 0.05) is 11.4 Å². The first-order chi connectivity index (χ1) is 9.04. The lowest BCUT2D eigenvalue weighted by molar-refractivity contribution is -0.141. The number of esters is 1. The summed E-state index contributed by atoms with van der Waals surface area (Å²) in [7, 11) is 1.41. The number of hydrogen-bond donors (Lipinski definition) is 1. The molecule has 5 heteroatoms. The van der Waals surface area contributed by atoms with Crippen LogP contribution in [0.25, 0.3) is 0 Å². The molecule has 3 nitrogen and oxygen atoms in total. The van der Waals surface area contributed by atoms with Crippen LogP contribution in [0, 0.1) is 11.2 Å². The number of halogens is 1. The number of benzene rings is 1. The maximum Gasteiger partial charge on any atom is 0.306 e. The molecule has 0 radical (unpaired) electrons. The van der Waals surface area contributed by atoms with Gasteiger partial charge in [-0.3, -0.25) is 4.79 Å². The molecule has 1 aliphatic carbocycles. The molecule has 2 rings (SSSR count). The molecule has 0 atom stereocenters. The van der Waals surface area contributed by atoms with E-state index in [0.717, 1.165) is 18.6 Å². The highest BCUT2D eigenvalue weighted by molar-refractivity contribution is 7.98. The van der Waals surface area contributed by atoms with Gasteiger partial charge in [-0.25, -0.2) is 4.39 Å². The summed E-state index contributed by atoms with van der Waals surface area (Å²) in [6, 6.07) is 4.77. The number of nitrogens with two attached hydrogens (primary N) is 1. The van der Waals surface area contributed by atoms with Crippen molar-refractivity contribution < 1.29 is 13.9 Å². The second-order valence-electron chi connectivity index (χ2n) is 5.10. The quantitative estimate of drug-likeness (QED) is 0.644. The molecule has 1 aromatic carbocycles. The van der Waals surface area contributed by atoms with Crippen molar-refractivity contribution >= 4 is 23.4 Å². The van der Waals surface area contributed by atoms with Gasteiger partial charge in [-0.15, -0.1) is 0 Å². The normalized spacial score (nSPS) is 16.1. The zero-order chi connectivity index (χ0) is 13.9. The number of anilines is 1. The summed E-state index contributed by atoms with van der Waals surface area (Å²) in [5.74, 6) is 1.06. The Kier molecular flexibility index (Phi) is 4.34. The van der Waals surface area contributed by atoms with Gasteiger partial charge in [0.2, 0.25) is 0 Å². The number of nitrogen functional groups attached to an aromatic ring is 1. The van der Waals surface area contributed by atoms with Crippen LogP contribution in [0.5, 0.6) is 0 Å². The molecule has 0 spiro atoms. The van der Waals surface area contributed by atoms with Gasteiger partial charge >= 0.3 is 5.97 Å². The Morgan fingerprint density at radius 3 is 2.84 bits per heavy atom. The molecule has 0 bridgehead atoms. The van der Waals surface area contributed by atoms with Crippen LogP contribution in [0.2, 0.25) is 0 Å². The highest BCUT2D eigenvalue weighted by atomic mass is 32.2. The van der Waals surface area contributed by atoms with Crippen LogP contribution in [-0.2, 0) is 15.3 Å². The van der Waals surface area contributed by atoms with E-state index in [1.807, 2.05) is 0 Å². The molecule has 0 unspecified atom stereocenters. The average molecular weight is 283 g/mol. The third kappa shape index (κ3) is 3.86. The largest absolute Gasteiger partial charge is 0.469 e. The summed E-state index contributed by atoms with van der Waals surface area (Å²) >= 11 is 1.66. The number of thioether (sulfide) groups is 1. The van der Waals surface area contributed by atoms with Crippen molar-refractivity contribution in [3.63, 3.8) is 0 Å². The predicted molar refractivity (Wildman–Crippen MR) is 75.3 cm³/mol. The molecule has 0 saturated heterocycles. The van der Waals surface area contributed by atoms with Gasteiger partial charge in [-0.1, -0.05) is 6.07 Å². The van der Waals surface area contributed by atoms with Crippen LogP contribution >= 0.6 is 11.8 Å². The summed E-state index contributed by atoms with van der Waals surface area (Å²) in [6.07, 6.45) is 2.58. The number of hydrogen-bond acceptors (Lipinski definition) is 4. The number of carbonyl (C=O) groups is 1. The van der Waals surface area contributed by atoms with E-state index in [2.05, 4.69) is 0 Å². The minimum atomic E-state index is -0.259. The van der Waals surface area contributed by atoms with Gasteiger partial charge in [-0.05, 0) is 41.7 Å². The third-order valence-electron chi connectivity index (χ3n) is 3.45. The van der Waals surface area contributed by atoms with Crippen LogP contribution in [0.1, 0.15) is 24.8 Å². The maximum atomic E-state index is 13.6. The van der Waals surface area contributed by atoms with E-state index < -0.39 is 0 Å². The Morgan fingerprint density at radius 2 is 2.26 bits per heavy atom. The fourth-order valence-corrected chi connectivity index (χ4v) is 3.37. The number of carbonyl (C=O) groups excluding carboxylic acids is 1. The molecular formula is C14H18FNO2S. The Balaban J connectivity index is 1.82. The number of rotatable bonds is 6. The Hall–Kier alpha value is -1.23. The molecule has 1 saturated carbocycles. The lowest BCUT2D eigenvalue weighted by Gasteiger charge is -2.13. The molecule has 0 heterocycles. The van der Waals surface area contributed by atoms with Gasteiger partial charge in [0.1, 0.15) is 5.82 Å². The zero-order valence-corrected chi connectivity index (χ0v) is 11.8. The van der Waals surface area contributed by atoms with E-state index in [9.17, 15) is 9.18 Å². The van der Waals surface area contributed by atoms with E-state index in [4.69, 9.17) is 10.5 Å². The Morgan fingerprint density at radius 1 is 1.53 bits per heavy atom. The zero-order valence-electron chi connectivity index (χ0n) is 10.9. The van der Waals surface area contributed by atoms with Crippen molar-refractivity contribution in [2.24, 2.45) is 5.41 Å². The monoisotopic (exact) mass is 283 g/mol. The molecule has 0 amide bonds. The maximum absolute atomic E-state index is 13.6. The SMILES string of the molecule is COC(=O)CC1(CSCc2ccc(N)cc2F)CC1. The molecular weight excluding hydrogens is 265 g/mol. The van der Waals surface area contributed by atoms with E-state index in [0.29, 0.717) is 23.4 Å². The van der Waals surface area contributed by atoms with Gasteiger partial charge in [-0.2, -0.15) is 11.8 Å². The molecule has 0 aliphatic heterocycles. The van der Waals surface area contributed by atoms with Crippen molar-refractivity contribution in [2.45, 2.75) is 25.0 Å². The summed E-state index contributed by atoms with van der Waals surface area (Å²) in [5, 5.41) is 0. The summed E-state index contributed by atoms with van der Waals surface area (Å²) in [6.45, 7) is 0. The van der Waals surface area contributed by atoms with Gasteiger partial charge in [0.05, 0.1) is 13.5 Å². The van der Waals surface area contributed by atoms with E-state index >= 15 is 0 Å². The predicted octanol–water partition coefficient (Wildman–Crippen LogP) is 2.98. The first kappa shape index (κ1) is 14.2. The van der Waals surface area contributed by atoms with Crippen LogP contribution in [0.4, 0.5) is 10.1 Å². The summed E-state index contributed by atoms with van der Waals surface area (Å²) < 4.78 is 18.3. The van der Waals surface area contributed by atoms with Crippen molar-refractivity contribution in [3.05, 3.63) is 29.6 Å². The van der Waals surface area contributed by atoms with Gasteiger partial charge in [0.25, 0.3) is 0 Å². The fraction of sp³-hybridized carbons (Fsp3) is 0.500. The van der Waals surface area contributed by atoms with Crippen molar-refractivity contribution in [1.82, 2.24) is 0 Å². The van der Waals surface area contributed by atoms with E-state index in [1.54, 1.807) is 23.9 Å². The molecule has 1 fully saturated rings. The molecule has 1 aromatic rings. The first-order valence-corrected chi connectivity index (χ1v) is 7.39. The number of methoxy groups -OCH3 is 1. The van der Waals surface area contributed by atoms with E-state index in [1.165, 1.54) is 13.2 Å². The molecule has 2 N–H and O–H groups in total. The van der Waals surface area contributed by atoms with Crippen molar-refractivity contribution in [3.8, 4) is 0 Å². The second kappa shape index (κ2) is 5.82. The Bertz CT molecular complexity index is 475. The summed E-state index contributed by atoms with van der Waals surface area (Å²) in [4.78, 5) is 11.3. The smallest absolute Gasteiger partial charge is 0.306 e. The fourth-order valence-electron chi connectivity index (χ4n) is 1.99. The highest BCUT2D eigenvalue weighted by Gasteiger charge is 2.44. The highest BCUT2D eigenvalue weighted by Crippen LogP contribution is 2.51. The average Bonchev–Trinajstić information content (AvgIpc) is 3.12. The third-order valence-corrected chi connectivity index (χ3v) is 4.78. The molecule has 19 heavy (non-hydrogen) atoms. The molecule has 1 aliphatic rings. The first-order valence-electron chi connectivity index (χ1n) is 6.23. The second-order valence-corrected chi connectivity index (χ2v) is 6.08. The standard InChI is InChI=1S/C14H18FNO2S/c1-18-13(17)7-14(4-5-14)9-19-8-10-2-3-11(16)6-12(10)15/h2-3,6H,4-5,7-9,16H2,1H3. The minimum absolute atomic E-state index is 0.0854. The van der Waals surface area contributed by atoms with Gasteiger partial charge in [0.15, 0.2) is 0 Å². The minimum Gasteiger partial charge on any atom is -0.469 e. The molecule has 0 aromatic heterocycles. The summed E-state index contributed by atoms with van der Waals surface area (Å²) in [5.41, 5.74) is 6.69. The van der Waals surface area contributed by atoms with Crippen molar-refractivity contribution in [2.75, 3.05) is 18.6 Å². The molecule has 104 valence electrons. The lowest BCUT2D eigenvalue weighted by Crippen LogP contribution is -2.13. The topological polar surface area (TPSA) is 52.3 Å². The van der Waals surface area contributed by atoms with Crippen LogP contribution in [-0.4, -0.2) is 18.8 Å². The van der Waals surface area contributed by atoms with Crippen molar-refractivity contribution in [1.29, 1.82) is 0 Å². The van der Waals surface area contributed by atoms with Gasteiger partial charge < -0.3 is 10.5 Å². The van der Waals surface area contributed by atoms with E-state index in [-0.39, 0.29) is 17.2 Å². The van der Waals surface area contributed by atoms with Crippen LogP contribution in [0.15, 0.2) is 18.2 Å².